The molecule has 2 aromatic carbocycles. The van der Waals surface area contributed by atoms with Crippen LogP contribution in [-0.2, 0) is 9.63 Å². The summed E-state index contributed by atoms with van der Waals surface area (Å²) in [5, 5.41) is 5.34. The van der Waals surface area contributed by atoms with Crippen LogP contribution in [0.3, 0.4) is 0 Å². The molecule has 2 aromatic rings. The number of nitrogens with two attached hydrogens (primary N) is 1. The normalized spacial score (nSPS) is 11.5. The van der Waals surface area contributed by atoms with E-state index in [0.29, 0.717) is 5.56 Å². The van der Waals surface area contributed by atoms with Crippen LogP contribution in [-0.4, -0.2) is 19.6 Å². The molecule has 1 atom stereocenters. The monoisotopic (exact) mass is 286 g/mol. The van der Waals surface area contributed by atoms with Crippen LogP contribution in [0.25, 0.3) is 21.2 Å². The van der Waals surface area contributed by atoms with E-state index in [1.807, 2.05) is 30.3 Å². The zero-order valence-corrected chi connectivity index (χ0v) is 11.4. The molecule has 2 rings (SSSR count). The van der Waals surface area contributed by atoms with Crippen molar-refractivity contribution in [2.45, 2.75) is 5.92 Å². The molecule has 0 aliphatic carbocycles. The lowest BCUT2D eigenvalue weighted by atomic mass is 9.96. The minimum Gasteiger partial charge on any atom is -0.497 e. The van der Waals surface area contributed by atoms with Crippen LogP contribution >= 0.6 is 0 Å². The van der Waals surface area contributed by atoms with Gasteiger partial charge in [0, 0.05) is 11.5 Å². The highest BCUT2D eigenvalue weighted by Crippen LogP contribution is 2.26. The van der Waals surface area contributed by atoms with E-state index in [1.54, 1.807) is 13.2 Å². The number of nitrogens with zero attached hydrogens (tertiary/aromatic N) is 3. The Morgan fingerprint density at radius 1 is 1.33 bits per heavy atom. The molecule has 2 N–H and O–H groups in total. The van der Waals surface area contributed by atoms with Gasteiger partial charge in [-0.1, -0.05) is 29.4 Å². The summed E-state index contributed by atoms with van der Waals surface area (Å²) >= 11 is 0. The first-order chi connectivity index (χ1) is 10.2. The molecule has 0 aliphatic rings. The molecule has 21 heavy (non-hydrogen) atoms. The highest BCUT2D eigenvalue weighted by molar-refractivity contribution is 5.87. The predicted octanol–water partition coefficient (Wildman–Crippen LogP) is 2.66. The summed E-state index contributed by atoms with van der Waals surface area (Å²) in [5.74, 6) is 4.32. The standard InChI is InChI=1S/C14H14N4O3/c1-20-12-5-4-9-6-11(3-2-10(9)7-12)13(8-17-18-15)14(19)21-16/h2-7,13H,8,16H2,1H3/t13-/m1/s1. The molecule has 0 heterocycles. The van der Waals surface area contributed by atoms with Gasteiger partial charge in [-0.3, -0.25) is 0 Å². The molecule has 0 amide bonds. The SMILES string of the molecule is COc1ccc2cc([C@@H](CN=[N+]=[N-])C(=O)ON)ccc2c1. The fourth-order valence-corrected chi connectivity index (χ4v) is 2.10. The molecular formula is C14H14N4O3. The van der Waals surface area contributed by atoms with Gasteiger partial charge in [0.15, 0.2) is 0 Å². The van der Waals surface area contributed by atoms with Crippen LogP contribution in [0.4, 0.5) is 0 Å². The van der Waals surface area contributed by atoms with E-state index < -0.39 is 11.9 Å². The van der Waals surface area contributed by atoms with Gasteiger partial charge in [0.25, 0.3) is 0 Å². The third-order valence-corrected chi connectivity index (χ3v) is 3.20. The number of rotatable bonds is 5. The number of ether oxygens (including phenoxy) is 1. The van der Waals surface area contributed by atoms with Crippen LogP contribution in [0.2, 0.25) is 0 Å². The zero-order chi connectivity index (χ0) is 15.2. The molecule has 0 bridgehead atoms. The van der Waals surface area contributed by atoms with Crippen LogP contribution in [0, 0.1) is 0 Å². The van der Waals surface area contributed by atoms with E-state index in [9.17, 15) is 4.79 Å². The Labute approximate surface area is 120 Å². The van der Waals surface area contributed by atoms with Gasteiger partial charge < -0.3 is 9.57 Å². The van der Waals surface area contributed by atoms with Crippen molar-refractivity contribution in [2.75, 3.05) is 13.7 Å². The van der Waals surface area contributed by atoms with Crippen molar-refractivity contribution in [3.63, 3.8) is 0 Å². The lowest BCUT2D eigenvalue weighted by molar-refractivity contribution is -0.145. The van der Waals surface area contributed by atoms with Gasteiger partial charge in [0.2, 0.25) is 0 Å². The van der Waals surface area contributed by atoms with Gasteiger partial charge in [-0.2, -0.15) is 5.90 Å². The third-order valence-electron chi connectivity index (χ3n) is 3.20. The van der Waals surface area contributed by atoms with Gasteiger partial charge in [-0.15, -0.1) is 0 Å². The minimum absolute atomic E-state index is 0.0474. The summed E-state index contributed by atoms with van der Waals surface area (Å²) in [6.45, 7) is -0.0474. The Morgan fingerprint density at radius 3 is 2.71 bits per heavy atom. The average molecular weight is 286 g/mol. The molecule has 0 aliphatic heterocycles. The highest BCUT2D eigenvalue weighted by atomic mass is 16.7. The van der Waals surface area contributed by atoms with Gasteiger partial charge in [0.1, 0.15) is 5.75 Å². The van der Waals surface area contributed by atoms with E-state index in [-0.39, 0.29) is 6.54 Å². The molecule has 0 saturated heterocycles. The van der Waals surface area contributed by atoms with E-state index in [2.05, 4.69) is 14.9 Å². The predicted molar refractivity (Wildman–Crippen MR) is 77.5 cm³/mol. The van der Waals surface area contributed by atoms with Crippen molar-refractivity contribution in [3.8, 4) is 5.75 Å². The molecule has 7 nitrogen and oxygen atoms in total. The first kappa shape index (κ1) is 14.6. The number of azide groups is 1. The zero-order valence-electron chi connectivity index (χ0n) is 11.4. The number of fused-ring (bicyclic) bond motifs is 1. The molecular weight excluding hydrogens is 272 g/mol. The molecule has 7 heteroatoms. The van der Waals surface area contributed by atoms with Gasteiger partial charge in [0.05, 0.1) is 13.0 Å². The number of carbonyl (C=O) groups excluding carboxylic acids is 1. The number of hydrogen-bond donors (Lipinski definition) is 1. The quantitative estimate of drug-likeness (QED) is 0.394. The molecule has 108 valence electrons. The number of carbonyl (C=O) groups is 1. The van der Waals surface area contributed by atoms with E-state index >= 15 is 0 Å². The second kappa shape index (κ2) is 6.60. The summed E-state index contributed by atoms with van der Waals surface area (Å²) in [6, 6.07) is 11.1. The largest absolute Gasteiger partial charge is 0.497 e. The highest BCUT2D eigenvalue weighted by Gasteiger charge is 2.21. The average Bonchev–Trinajstić information content (AvgIpc) is 2.54. The maximum atomic E-state index is 11.7. The van der Waals surface area contributed by atoms with Crippen LogP contribution in [0.1, 0.15) is 11.5 Å². The molecule has 0 saturated carbocycles. The van der Waals surface area contributed by atoms with Gasteiger partial charge >= 0.3 is 5.97 Å². The first-order valence-corrected chi connectivity index (χ1v) is 6.18. The summed E-state index contributed by atoms with van der Waals surface area (Å²) in [5.41, 5.74) is 9.08. The maximum absolute atomic E-state index is 11.7. The molecule has 0 spiro atoms. The summed E-state index contributed by atoms with van der Waals surface area (Å²) in [6.07, 6.45) is 0. The lowest BCUT2D eigenvalue weighted by Crippen LogP contribution is -2.21. The lowest BCUT2D eigenvalue weighted by Gasteiger charge is -2.13. The van der Waals surface area contributed by atoms with Gasteiger partial charge in [-0.05, 0) is 34.0 Å². The van der Waals surface area contributed by atoms with Crippen LogP contribution in [0.5, 0.6) is 5.75 Å². The third kappa shape index (κ3) is 3.22. The molecule has 0 radical (unpaired) electrons. The van der Waals surface area contributed by atoms with Crippen LogP contribution in [0.15, 0.2) is 41.5 Å². The fraction of sp³-hybridized carbons (Fsp3) is 0.214. The Bertz CT molecular complexity index is 710. The maximum Gasteiger partial charge on any atom is 0.332 e. The molecule has 0 fully saturated rings. The van der Waals surface area contributed by atoms with Crippen molar-refractivity contribution < 1.29 is 14.4 Å². The van der Waals surface area contributed by atoms with Crippen molar-refractivity contribution in [1.29, 1.82) is 0 Å². The number of methoxy groups -OCH3 is 1. The Hall–Kier alpha value is -2.76. The van der Waals surface area contributed by atoms with Crippen LogP contribution < -0.4 is 10.6 Å². The van der Waals surface area contributed by atoms with E-state index in [4.69, 9.17) is 16.2 Å². The van der Waals surface area contributed by atoms with E-state index in [0.717, 1.165) is 16.5 Å². The van der Waals surface area contributed by atoms with E-state index in [1.165, 1.54) is 0 Å². The fourth-order valence-electron chi connectivity index (χ4n) is 2.10. The Kier molecular flexibility index (Phi) is 4.61. The summed E-state index contributed by atoms with van der Waals surface area (Å²) in [7, 11) is 1.60. The molecule has 0 aromatic heterocycles. The summed E-state index contributed by atoms with van der Waals surface area (Å²) < 4.78 is 5.16. The second-order valence-electron chi connectivity index (χ2n) is 4.38. The van der Waals surface area contributed by atoms with Crippen molar-refractivity contribution in [2.24, 2.45) is 11.0 Å². The molecule has 0 unspecified atom stereocenters. The topological polar surface area (TPSA) is 110 Å². The Balaban J connectivity index is 2.43. The number of hydrogen-bond acceptors (Lipinski definition) is 5. The van der Waals surface area contributed by atoms with Gasteiger partial charge in [-0.25, -0.2) is 4.79 Å². The Morgan fingerprint density at radius 2 is 2.05 bits per heavy atom. The summed E-state index contributed by atoms with van der Waals surface area (Å²) in [4.78, 5) is 18.6. The van der Waals surface area contributed by atoms with Crippen molar-refractivity contribution in [3.05, 3.63) is 52.4 Å². The van der Waals surface area contributed by atoms with Crippen molar-refractivity contribution in [1.82, 2.24) is 0 Å². The van der Waals surface area contributed by atoms with Crippen molar-refractivity contribution >= 4 is 16.7 Å². The first-order valence-electron chi connectivity index (χ1n) is 6.18. The smallest absolute Gasteiger partial charge is 0.332 e. The minimum atomic E-state index is -0.725. The number of benzene rings is 2. The second-order valence-corrected chi connectivity index (χ2v) is 4.38.